The van der Waals surface area contributed by atoms with Crippen molar-refractivity contribution in [2.75, 3.05) is 19.6 Å². The number of nitrogens with one attached hydrogen (secondary N) is 1. The second-order valence-electron chi connectivity index (χ2n) is 5.07. The van der Waals surface area contributed by atoms with Crippen LogP contribution in [0.5, 0.6) is 0 Å². The highest BCUT2D eigenvalue weighted by atomic mass is 16.1. The fourth-order valence-electron chi connectivity index (χ4n) is 2.51. The molecule has 16 heavy (non-hydrogen) atoms. The Morgan fingerprint density at radius 2 is 2.06 bits per heavy atom. The molecule has 3 nitrogen and oxygen atoms in total. The van der Waals surface area contributed by atoms with E-state index in [1.807, 2.05) is 6.07 Å². The van der Waals surface area contributed by atoms with Gasteiger partial charge >= 0.3 is 0 Å². The Morgan fingerprint density at radius 3 is 2.88 bits per heavy atom. The zero-order valence-corrected chi connectivity index (χ0v) is 9.54. The van der Waals surface area contributed by atoms with Gasteiger partial charge < -0.3 is 9.88 Å². The molecule has 1 aromatic rings. The van der Waals surface area contributed by atoms with E-state index >= 15 is 0 Å². The smallest absolute Gasteiger partial charge is 0.248 e. The van der Waals surface area contributed by atoms with Gasteiger partial charge in [0, 0.05) is 37.8 Å². The Kier molecular flexibility index (Phi) is 2.56. The maximum atomic E-state index is 11.3. The maximum absolute atomic E-state index is 11.3. The highest BCUT2D eigenvalue weighted by Crippen LogP contribution is 2.30. The van der Waals surface area contributed by atoms with Crippen LogP contribution >= 0.6 is 0 Å². The zero-order valence-electron chi connectivity index (χ0n) is 9.54. The molecule has 1 aromatic heterocycles. The SMILES string of the molecule is O=c1ccc2c([nH]1)CCN(CC1CC1)CC2. The number of rotatable bonds is 2. The number of aromatic nitrogens is 1. The van der Waals surface area contributed by atoms with Crippen LogP contribution in [0.3, 0.4) is 0 Å². The minimum atomic E-state index is 0.0365. The van der Waals surface area contributed by atoms with Gasteiger partial charge in [0.2, 0.25) is 5.56 Å². The van der Waals surface area contributed by atoms with Gasteiger partial charge in [-0.15, -0.1) is 0 Å². The molecule has 0 atom stereocenters. The monoisotopic (exact) mass is 218 g/mol. The standard InChI is InChI=1S/C13H18N2O/c16-13-4-3-11-5-7-15(9-10-1-2-10)8-6-12(11)14-13/h3-4,10H,1-2,5-9H2,(H,14,16). The molecule has 1 saturated carbocycles. The summed E-state index contributed by atoms with van der Waals surface area (Å²) in [6, 6.07) is 3.64. The predicted octanol–water partition coefficient (Wildman–Crippen LogP) is 1.19. The molecule has 1 fully saturated rings. The molecule has 3 heteroatoms. The third kappa shape index (κ3) is 2.19. The summed E-state index contributed by atoms with van der Waals surface area (Å²) in [7, 11) is 0. The fourth-order valence-corrected chi connectivity index (χ4v) is 2.51. The first-order valence-electron chi connectivity index (χ1n) is 6.25. The lowest BCUT2D eigenvalue weighted by atomic mass is 10.1. The van der Waals surface area contributed by atoms with Crippen molar-refractivity contribution in [1.82, 2.24) is 9.88 Å². The van der Waals surface area contributed by atoms with Crippen molar-refractivity contribution in [2.24, 2.45) is 5.92 Å². The summed E-state index contributed by atoms with van der Waals surface area (Å²) < 4.78 is 0. The summed E-state index contributed by atoms with van der Waals surface area (Å²) in [5.41, 5.74) is 2.53. The van der Waals surface area contributed by atoms with Gasteiger partial charge in [-0.05, 0) is 30.7 Å². The van der Waals surface area contributed by atoms with Crippen LogP contribution in [0.25, 0.3) is 0 Å². The van der Waals surface area contributed by atoms with Gasteiger partial charge in [-0.2, -0.15) is 0 Å². The zero-order chi connectivity index (χ0) is 11.0. The molecule has 0 radical (unpaired) electrons. The fraction of sp³-hybridized carbons (Fsp3) is 0.615. The Labute approximate surface area is 95.5 Å². The Morgan fingerprint density at radius 1 is 1.25 bits per heavy atom. The molecule has 0 unspecified atom stereocenters. The quantitative estimate of drug-likeness (QED) is 0.809. The average Bonchev–Trinajstić information content (AvgIpc) is 3.08. The Hall–Kier alpha value is -1.09. The van der Waals surface area contributed by atoms with Gasteiger partial charge in [-0.1, -0.05) is 6.07 Å². The lowest BCUT2D eigenvalue weighted by molar-refractivity contribution is 0.275. The summed E-state index contributed by atoms with van der Waals surface area (Å²) in [5, 5.41) is 0. The van der Waals surface area contributed by atoms with Gasteiger partial charge in [-0.25, -0.2) is 0 Å². The molecule has 1 aliphatic carbocycles. The van der Waals surface area contributed by atoms with Crippen LogP contribution in [-0.2, 0) is 12.8 Å². The van der Waals surface area contributed by atoms with E-state index in [0.29, 0.717) is 0 Å². The molecule has 1 N–H and O–H groups in total. The molecule has 2 heterocycles. The molecular formula is C13H18N2O. The third-order valence-electron chi connectivity index (χ3n) is 3.69. The molecule has 0 aromatic carbocycles. The van der Waals surface area contributed by atoms with E-state index < -0.39 is 0 Å². The summed E-state index contributed by atoms with van der Waals surface area (Å²) in [6.45, 7) is 3.51. The number of H-pyrrole nitrogens is 1. The van der Waals surface area contributed by atoms with Crippen LogP contribution in [0, 0.1) is 5.92 Å². The summed E-state index contributed by atoms with van der Waals surface area (Å²) in [4.78, 5) is 16.8. The van der Waals surface area contributed by atoms with E-state index in [0.717, 1.165) is 37.5 Å². The number of nitrogens with zero attached hydrogens (tertiary/aromatic N) is 1. The van der Waals surface area contributed by atoms with E-state index in [4.69, 9.17) is 0 Å². The topological polar surface area (TPSA) is 36.1 Å². The highest BCUT2D eigenvalue weighted by Gasteiger charge is 2.25. The Balaban J connectivity index is 1.73. The number of aromatic amines is 1. The molecule has 86 valence electrons. The van der Waals surface area contributed by atoms with Crippen LogP contribution in [0.15, 0.2) is 16.9 Å². The third-order valence-corrected chi connectivity index (χ3v) is 3.69. The van der Waals surface area contributed by atoms with Gasteiger partial charge in [0.25, 0.3) is 0 Å². The number of hydrogen-bond donors (Lipinski definition) is 1. The average molecular weight is 218 g/mol. The van der Waals surface area contributed by atoms with Gasteiger partial charge in [0.1, 0.15) is 0 Å². The van der Waals surface area contributed by atoms with Crippen molar-refractivity contribution in [3.63, 3.8) is 0 Å². The largest absolute Gasteiger partial charge is 0.326 e. The minimum absolute atomic E-state index is 0.0365. The van der Waals surface area contributed by atoms with Crippen LogP contribution in [0.1, 0.15) is 24.1 Å². The van der Waals surface area contributed by atoms with E-state index in [2.05, 4.69) is 9.88 Å². The van der Waals surface area contributed by atoms with Crippen molar-refractivity contribution in [2.45, 2.75) is 25.7 Å². The van der Waals surface area contributed by atoms with E-state index in [1.54, 1.807) is 6.07 Å². The van der Waals surface area contributed by atoms with Crippen molar-refractivity contribution in [3.05, 3.63) is 33.7 Å². The van der Waals surface area contributed by atoms with E-state index in [-0.39, 0.29) is 5.56 Å². The highest BCUT2D eigenvalue weighted by molar-refractivity contribution is 5.21. The van der Waals surface area contributed by atoms with Gasteiger partial charge in [-0.3, -0.25) is 4.79 Å². The first kappa shape index (κ1) is 10.1. The maximum Gasteiger partial charge on any atom is 0.248 e. The van der Waals surface area contributed by atoms with Crippen molar-refractivity contribution < 1.29 is 0 Å². The first-order valence-corrected chi connectivity index (χ1v) is 6.25. The Bertz CT molecular complexity index is 434. The summed E-state index contributed by atoms with van der Waals surface area (Å²) in [6.07, 6.45) is 4.91. The first-order chi connectivity index (χ1) is 7.81. The predicted molar refractivity (Wildman–Crippen MR) is 63.6 cm³/mol. The summed E-state index contributed by atoms with van der Waals surface area (Å²) in [5.74, 6) is 0.959. The molecule has 0 bridgehead atoms. The minimum Gasteiger partial charge on any atom is -0.326 e. The van der Waals surface area contributed by atoms with Crippen LogP contribution in [-0.4, -0.2) is 29.5 Å². The van der Waals surface area contributed by atoms with Crippen LogP contribution in [0.2, 0.25) is 0 Å². The second kappa shape index (κ2) is 4.06. The van der Waals surface area contributed by atoms with E-state index in [9.17, 15) is 4.79 Å². The number of pyridine rings is 1. The molecule has 0 saturated heterocycles. The molecule has 0 spiro atoms. The normalized spacial score (nSPS) is 21.5. The number of fused-ring (bicyclic) bond motifs is 1. The van der Waals surface area contributed by atoms with Crippen molar-refractivity contribution >= 4 is 0 Å². The number of hydrogen-bond acceptors (Lipinski definition) is 2. The molecule has 2 aliphatic rings. The van der Waals surface area contributed by atoms with Crippen molar-refractivity contribution in [1.29, 1.82) is 0 Å². The van der Waals surface area contributed by atoms with E-state index in [1.165, 1.54) is 24.9 Å². The lowest BCUT2D eigenvalue weighted by Crippen LogP contribution is -2.28. The van der Waals surface area contributed by atoms with Crippen LogP contribution in [0.4, 0.5) is 0 Å². The summed E-state index contributed by atoms with van der Waals surface area (Å²) >= 11 is 0. The van der Waals surface area contributed by atoms with Crippen LogP contribution < -0.4 is 5.56 Å². The second-order valence-corrected chi connectivity index (χ2v) is 5.07. The van der Waals surface area contributed by atoms with Crippen molar-refractivity contribution in [3.8, 4) is 0 Å². The molecule has 0 amide bonds. The molecule has 3 rings (SSSR count). The molecular weight excluding hydrogens is 200 g/mol. The van der Waals surface area contributed by atoms with Gasteiger partial charge in [0.05, 0.1) is 0 Å². The molecule has 1 aliphatic heterocycles. The van der Waals surface area contributed by atoms with Gasteiger partial charge in [0.15, 0.2) is 0 Å². The lowest BCUT2D eigenvalue weighted by Gasteiger charge is -2.18.